The number of benzene rings is 2. The zero-order valence-electron chi connectivity index (χ0n) is 16.4. The number of anilines is 1. The van der Waals surface area contributed by atoms with Gasteiger partial charge in [0.15, 0.2) is 5.82 Å². The van der Waals surface area contributed by atoms with E-state index < -0.39 is 0 Å². The quantitative estimate of drug-likeness (QED) is 0.629. The lowest BCUT2D eigenvalue weighted by Gasteiger charge is -2.15. The average Bonchev–Trinajstić information content (AvgIpc) is 3.11. The maximum Gasteiger partial charge on any atom is 0.257 e. The molecule has 0 spiro atoms. The smallest absolute Gasteiger partial charge is 0.257 e. The van der Waals surface area contributed by atoms with Gasteiger partial charge in [-0.05, 0) is 31.0 Å². The summed E-state index contributed by atoms with van der Waals surface area (Å²) in [6, 6.07) is 16.9. The Kier molecular flexibility index (Phi) is 6.32. The van der Waals surface area contributed by atoms with Gasteiger partial charge in [-0.2, -0.15) is 5.10 Å². The molecule has 1 amide bonds. The van der Waals surface area contributed by atoms with Crippen molar-refractivity contribution in [1.82, 2.24) is 9.78 Å². The molecule has 1 atom stereocenters. The molecule has 1 aromatic heterocycles. The fourth-order valence-electron chi connectivity index (χ4n) is 2.58. The van der Waals surface area contributed by atoms with Gasteiger partial charge in [-0.3, -0.25) is 9.48 Å². The van der Waals surface area contributed by atoms with Gasteiger partial charge in [0.05, 0.1) is 6.10 Å². The summed E-state index contributed by atoms with van der Waals surface area (Å²) in [5.74, 6) is 1.41. The third-order valence-electron chi connectivity index (χ3n) is 4.26. The molecular formula is C22H25N3O3. The Balaban J connectivity index is 1.80. The van der Waals surface area contributed by atoms with Gasteiger partial charge in [-0.1, -0.05) is 37.3 Å². The second-order valence-electron chi connectivity index (χ2n) is 6.63. The molecule has 0 aliphatic heterocycles. The fourth-order valence-corrected chi connectivity index (χ4v) is 2.58. The van der Waals surface area contributed by atoms with E-state index in [1.807, 2.05) is 43.3 Å². The van der Waals surface area contributed by atoms with E-state index in [0.29, 0.717) is 29.5 Å². The number of rotatable bonds is 8. The van der Waals surface area contributed by atoms with Crippen molar-refractivity contribution >= 4 is 11.7 Å². The molecule has 6 nitrogen and oxygen atoms in total. The van der Waals surface area contributed by atoms with E-state index in [1.54, 1.807) is 36.1 Å². The van der Waals surface area contributed by atoms with Gasteiger partial charge >= 0.3 is 0 Å². The minimum absolute atomic E-state index is 0.0380. The fraction of sp³-hybridized carbons (Fsp3) is 0.273. The van der Waals surface area contributed by atoms with Crippen LogP contribution in [0, 0.1) is 0 Å². The molecule has 0 aliphatic carbocycles. The highest BCUT2D eigenvalue weighted by Gasteiger charge is 2.13. The highest BCUT2D eigenvalue weighted by Crippen LogP contribution is 2.26. The van der Waals surface area contributed by atoms with Crippen LogP contribution in [-0.4, -0.2) is 21.8 Å². The first-order valence-corrected chi connectivity index (χ1v) is 9.33. The number of aryl methyl sites for hydroxylation is 1. The molecular weight excluding hydrogens is 354 g/mol. The molecule has 28 heavy (non-hydrogen) atoms. The molecule has 6 heteroatoms. The topological polar surface area (TPSA) is 65.4 Å². The van der Waals surface area contributed by atoms with E-state index in [0.717, 1.165) is 12.0 Å². The Hall–Kier alpha value is -3.28. The number of aromatic nitrogens is 2. The first kappa shape index (κ1) is 19.5. The van der Waals surface area contributed by atoms with Crippen LogP contribution in [0.2, 0.25) is 0 Å². The van der Waals surface area contributed by atoms with Crippen molar-refractivity contribution in [2.75, 3.05) is 5.32 Å². The van der Waals surface area contributed by atoms with Gasteiger partial charge in [0.25, 0.3) is 5.91 Å². The van der Waals surface area contributed by atoms with E-state index in [9.17, 15) is 4.79 Å². The van der Waals surface area contributed by atoms with Crippen molar-refractivity contribution in [3.63, 3.8) is 0 Å². The molecule has 146 valence electrons. The second-order valence-corrected chi connectivity index (χ2v) is 6.63. The number of hydrogen-bond donors (Lipinski definition) is 1. The van der Waals surface area contributed by atoms with Gasteiger partial charge in [-0.25, -0.2) is 0 Å². The van der Waals surface area contributed by atoms with E-state index in [2.05, 4.69) is 17.3 Å². The second kappa shape index (κ2) is 9.08. The summed E-state index contributed by atoms with van der Waals surface area (Å²) in [5.41, 5.74) is 1.50. The van der Waals surface area contributed by atoms with Gasteiger partial charge < -0.3 is 14.8 Å². The zero-order chi connectivity index (χ0) is 19.9. The monoisotopic (exact) mass is 379 g/mol. The molecule has 0 radical (unpaired) electrons. The van der Waals surface area contributed by atoms with Crippen LogP contribution in [0.25, 0.3) is 0 Å². The van der Waals surface area contributed by atoms with Gasteiger partial charge in [0, 0.05) is 30.9 Å². The molecule has 0 saturated carbocycles. The van der Waals surface area contributed by atoms with Crippen LogP contribution in [-0.2, 0) is 13.7 Å². The molecule has 0 aliphatic rings. The van der Waals surface area contributed by atoms with Crippen molar-refractivity contribution in [2.45, 2.75) is 33.0 Å². The minimum atomic E-state index is -0.266. The molecule has 0 unspecified atom stereocenters. The molecule has 3 aromatic rings. The summed E-state index contributed by atoms with van der Waals surface area (Å²) in [5, 5.41) is 6.97. The summed E-state index contributed by atoms with van der Waals surface area (Å²) in [7, 11) is 1.80. The van der Waals surface area contributed by atoms with Crippen LogP contribution in [0.3, 0.4) is 0 Å². The van der Waals surface area contributed by atoms with E-state index >= 15 is 0 Å². The van der Waals surface area contributed by atoms with Crippen molar-refractivity contribution in [3.8, 4) is 11.5 Å². The summed E-state index contributed by atoms with van der Waals surface area (Å²) in [4.78, 5) is 12.7. The maximum absolute atomic E-state index is 12.7. The van der Waals surface area contributed by atoms with Gasteiger partial charge in [-0.15, -0.1) is 0 Å². The van der Waals surface area contributed by atoms with E-state index in [1.165, 1.54) is 0 Å². The normalized spacial score (nSPS) is 11.7. The molecule has 0 bridgehead atoms. The lowest BCUT2D eigenvalue weighted by atomic mass is 10.1. The van der Waals surface area contributed by atoms with E-state index in [-0.39, 0.29) is 12.0 Å². The number of nitrogens with one attached hydrogen (secondary N) is 1. The SMILES string of the molecule is CC[C@H](C)Oc1cc(OCc2ccccc2)cc(C(=O)Nc2ccn(C)n2)c1. The zero-order valence-corrected chi connectivity index (χ0v) is 16.4. The van der Waals surface area contributed by atoms with Crippen molar-refractivity contribution in [2.24, 2.45) is 7.05 Å². The third-order valence-corrected chi connectivity index (χ3v) is 4.26. The molecule has 1 N–H and O–H groups in total. The van der Waals surface area contributed by atoms with Crippen LogP contribution in [0.1, 0.15) is 36.2 Å². The number of carbonyl (C=O) groups is 1. The highest BCUT2D eigenvalue weighted by atomic mass is 16.5. The number of hydrogen-bond acceptors (Lipinski definition) is 4. The Bertz CT molecular complexity index is 922. The summed E-state index contributed by atoms with van der Waals surface area (Å²) < 4.78 is 13.5. The standard InChI is InChI=1S/C22H25N3O3/c1-4-16(2)28-20-13-18(22(26)23-21-10-11-25(3)24-21)12-19(14-20)27-15-17-8-6-5-7-9-17/h5-14,16H,4,15H2,1-3H3,(H,23,24,26)/t16-/m0/s1. The first-order valence-electron chi connectivity index (χ1n) is 9.33. The predicted octanol–water partition coefficient (Wildman–Crippen LogP) is 4.43. The number of nitrogens with zero attached hydrogens (tertiary/aromatic N) is 2. The van der Waals surface area contributed by atoms with E-state index in [4.69, 9.17) is 9.47 Å². The number of ether oxygens (including phenoxy) is 2. The highest BCUT2D eigenvalue weighted by molar-refractivity contribution is 6.04. The summed E-state index contributed by atoms with van der Waals surface area (Å²) >= 11 is 0. The Morgan fingerprint density at radius 3 is 2.57 bits per heavy atom. The average molecular weight is 379 g/mol. The van der Waals surface area contributed by atoms with Gasteiger partial charge in [0.1, 0.15) is 18.1 Å². The molecule has 3 rings (SSSR count). The van der Waals surface area contributed by atoms with Crippen molar-refractivity contribution in [3.05, 3.63) is 71.9 Å². The van der Waals surface area contributed by atoms with Crippen LogP contribution < -0.4 is 14.8 Å². The predicted molar refractivity (Wildman–Crippen MR) is 109 cm³/mol. The van der Waals surface area contributed by atoms with Crippen LogP contribution >= 0.6 is 0 Å². The molecule has 1 heterocycles. The van der Waals surface area contributed by atoms with Gasteiger partial charge in [0.2, 0.25) is 0 Å². The third kappa shape index (κ3) is 5.36. The van der Waals surface area contributed by atoms with Crippen molar-refractivity contribution < 1.29 is 14.3 Å². The molecule has 0 fully saturated rings. The first-order chi connectivity index (χ1) is 13.5. The van der Waals surface area contributed by atoms with Crippen LogP contribution in [0.5, 0.6) is 11.5 Å². The Morgan fingerprint density at radius 2 is 1.89 bits per heavy atom. The minimum Gasteiger partial charge on any atom is -0.491 e. The van der Waals surface area contributed by atoms with Crippen LogP contribution in [0.4, 0.5) is 5.82 Å². The summed E-state index contributed by atoms with van der Waals surface area (Å²) in [6.45, 7) is 4.45. The lowest BCUT2D eigenvalue weighted by Crippen LogP contribution is -2.14. The lowest BCUT2D eigenvalue weighted by molar-refractivity contribution is 0.102. The largest absolute Gasteiger partial charge is 0.491 e. The molecule has 2 aromatic carbocycles. The Labute approximate surface area is 165 Å². The maximum atomic E-state index is 12.7. The van der Waals surface area contributed by atoms with Crippen LogP contribution in [0.15, 0.2) is 60.8 Å². The number of carbonyl (C=O) groups excluding carboxylic acids is 1. The van der Waals surface area contributed by atoms with Crippen molar-refractivity contribution in [1.29, 1.82) is 0 Å². The summed E-state index contributed by atoms with van der Waals surface area (Å²) in [6.07, 6.45) is 2.67. The Morgan fingerprint density at radius 1 is 1.14 bits per heavy atom. The number of amides is 1. The molecule has 0 saturated heterocycles.